The molecule has 1 heterocycles. The quantitative estimate of drug-likeness (QED) is 0.890. The highest BCUT2D eigenvalue weighted by atomic mass is 35.5. The van der Waals surface area contributed by atoms with Crippen molar-refractivity contribution in [1.29, 1.82) is 0 Å². The third-order valence-corrected chi connectivity index (χ3v) is 4.69. The third-order valence-electron chi connectivity index (χ3n) is 3.86. The zero-order chi connectivity index (χ0) is 14.8. The van der Waals surface area contributed by atoms with Gasteiger partial charge in [0.05, 0.1) is 22.7 Å². The SMILES string of the molecule is CNC(c1cccc(Cl)c1Cl)c1cccc2c1OCCC2. The molecule has 1 aliphatic rings. The Morgan fingerprint density at radius 3 is 2.67 bits per heavy atom. The number of fused-ring (bicyclic) bond motifs is 1. The van der Waals surface area contributed by atoms with Crippen molar-refractivity contribution in [2.75, 3.05) is 13.7 Å². The van der Waals surface area contributed by atoms with Gasteiger partial charge in [-0.25, -0.2) is 0 Å². The summed E-state index contributed by atoms with van der Waals surface area (Å²) in [5.74, 6) is 0.985. The Bertz CT molecular complexity index is 657. The summed E-state index contributed by atoms with van der Waals surface area (Å²) in [6.45, 7) is 0.768. The van der Waals surface area contributed by atoms with Crippen LogP contribution in [0.3, 0.4) is 0 Å². The van der Waals surface area contributed by atoms with Crippen molar-refractivity contribution < 1.29 is 4.74 Å². The number of ether oxygens (including phenoxy) is 1. The number of hydrogen-bond acceptors (Lipinski definition) is 2. The van der Waals surface area contributed by atoms with E-state index in [1.54, 1.807) is 6.07 Å². The molecule has 110 valence electrons. The lowest BCUT2D eigenvalue weighted by molar-refractivity contribution is 0.283. The molecule has 1 atom stereocenters. The van der Waals surface area contributed by atoms with E-state index < -0.39 is 0 Å². The smallest absolute Gasteiger partial charge is 0.127 e. The predicted molar refractivity (Wildman–Crippen MR) is 87.6 cm³/mol. The molecular formula is C17H17Cl2NO. The molecule has 4 heteroatoms. The van der Waals surface area contributed by atoms with E-state index in [2.05, 4.69) is 23.5 Å². The van der Waals surface area contributed by atoms with Crippen LogP contribution in [0.4, 0.5) is 0 Å². The van der Waals surface area contributed by atoms with Gasteiger partial charge in [-0.2, -0.15) is 0 Å². The van der Waals surface area contributed by atoms with E-state index in [1.807, 2.05) is 19.2 Å². The number of benzene rings is 2. The molecule has 1 aliphatic heterocycles. The maximum Gasteiger partial charge on any atom is 0.127 e. The summed E-state index contributed by atoms with van der Waals surface area (Å²) in [5.41, 5.74) is 3.34. The van der Waals surface area contributed by atoms with Crippen LogP contribution in [0.25, 0.3) is 0 Å². The van der Waals surface area contributed by atoms with Crippen LogP contribution in [-0.2, 0) is 6.42 Å². The van der Waals surface area contributed by atoms with E-state index in [0.29, 0.717) is 10.0 Å². The largest absolute Gasteiger partial charge is 0.493 e. The van der Waals surface area contributed by atoms with Crippen molar-refractivity contribution in [3.05, 3.63) is 63.1 Å². The second-order valence-corrected chi connectivity index (χ2v) is 5.94. The number of rotatable bonds is 3. The summed E-state index contributed by atoms with van der Waals surface area (Å²) in [6, 6.07) is 12.0. The molecule has 0 aliphatic carbocycles. The molecule has 0 amide bonds. The second kappa shape index (κ2) is 6.27. The zero-order valence-electron chi connectivity index (χ0n) is 11.8. The normalized spacial score (nSPS) is 15.2. The molecule has 2 aromatic rings. The maximum absolute atomic E-state index is 6.39. The highest BCUT2D eigenvalue weighted by Crippen LogP contribution is 2.39. The average molecular weight is 322 g/mol. The first-order chi connectivity index (χ1) is 10.2. The van der Waals surface area contributed by atoms with Gasteiger partial charge in [0.25, 0.3) is 0 Å². The monoisotopic (exact) mass is 321 g/mol. The number of hydrogen-bond donors (Lipinski definition) is 1. The van der Waals surface area contributed by atoms with Gasteiger partial charge in [-0.15, -0.1) is 0 Å². The van der Waals surface area contributed by atoms with Gasteiger partial charge in [0, 0.05) is 5.56 Å². The van der Waals surface area contributed by atoms with Crippen LogP contribution in [0, 0.1) is 0 Å². The lowest BCUT2D eigenvalue weighted by Gasteiger charge is -2.26. The van der Waals surface area contributed by atoms with E-state index in [1.165, 1.54) is 5.56 Å². The van der Waals surface area contributed by atoms with Gasteiger partial charge in [-0.3, -0.25) is 0 Å². The first kappa shape index (κ1) is 14.7. The predicted octanol–water partition coefficient (Wildman–Crippen LogP) is 4.63. The van der Waals surface area contributed by atoms with Crippen molar-refractivity contribution in [2.45, 2.75) is 18.9 Å². The number of para-hydroxylation sites is 1. The van der Waals surface area contributed by atoms with Crippen LogP contribution in [-0.4, -0.2) is 13.7 Å². The van der Waals surface area contributed by atoms with E-state index in [9.17, 15) is 0 Å². The molecule has 1 unspecified atom stereocenters. The van der Waals surface area contributed by atoms with Crippen LogP contribution >= 0.6 is 23.2 Å². The zero-order valence-corrected chi connectivity index (χ0v) is 13.3. The fourth-order valence-corrected chi connectivity index (χ4v) is 3.28. The van der Waals surface area contributed by atoms with Gasteiger partial charge in [-0.05, 0) is 37.1 Å². The molecule has 0 radical (unpaired) electrons. The highest BCUT2D eigenvalue weighted by molar-refractivity contribution is 6.42. The fourth-order valence-electron chi connectivity index (χ4n) is 2.86. The summed E-state index contributed by atoms with van der Waals surface area (Å²) < 4.78 is 5.91. The standard InChI is InChI=1S/C17H17Cl2NO/c1-20-16(12-7-3-9-14(18)15(12)19)13-8-2-5-11-6-4-10-21-17(11)13/h2-3,5,7-9,16,20H,4,6,10H2,1H3. The molecule has 0 saturated carbocycles. The second-order valence-electron chi connectivity index (χ2n) is 5.15. The molecule has 3 rings (SSSR count). The van der Waals surface area contributed by atoms with Crippen LogP contribution in [0.5, 0.6) is 5.75 Å². The van der Waals surface area contributed by atoms with Crippen LogP contribution in [0.1, 0.15) is 29.2 Å². The van der Waals surface area contributed by atoms with E-state index >= 15 is 0 Å². The van der Waals surface area contributed by atoms with Gasteiger partial charge in [0.15, 0.2) is 0 Å². The Balaban J connectivity index is 2.11. The molecule has 1 N–H and O–H groups in total. The van der Waals surface area contributed by atoms with Gasteiger partial charge in [0.2, 0.25) is 0 Å². The van der Waals surface area contributed by atoms with E-state index in [4.69, 9.17) is 27.9 Å². The molecule has 0 saturated heterocycles. The Morgan fingerprint density at radius 1 is 1.10 bits per heavy atom. The summed E-state index contributed by atoms with van der Waals surface area (Å²) in [4.78, 5) is 0. The van der Waals surface area contributed by atoms with Gasteiger partial charge >= 0.3 is 0 Å². The van der Waals surface area contributed by atoms with Crippen molar-refractivity contribution in [3.8, 4) is 5.75 Å². The van der Waals surface area contributed by atoms with E-state index in [-0.39, 0.29) is 6.04 Å². The summed E-state index contributed by atoms with van der Waals surface area (Å²) in [6.07, 6.45) is 2.13. The molecule has 21 heavy (non-hydrogen) atoms. The van der Waals surface area contributed by atoms with E-state index in [0.717, 1.165) is 36.3 Å². The number of aryl methyl sites for hydroxylation is 1. The summed E-state index contributed by atoms with van der Waals surface area (Å²) in [7, 11) is 1.92. The average Bonchev–Trinajstić information content (AvgIpc) is 2.52. The Labute approximate surface area is 135 Å². The molecule has 0 bridgehead atoms. The van der Waals surface area contributed by atoms with Crippen molar-refractivity contribution >= 4 is 23.2 Å². The summed E-state index contributed by atoms with van der Waals surface area (Å²) in [5, 5.41) is 4.49. The first-order valence-electron chi connectivity index (χ1n) is 7.08. The minimum absolute atomic E-state index is 0.0377. The lowest BCUT2D eigenvalue weighted by atomic mass is 9.93. The topological polar surface area (TPSA) is 21.3 Å². The molecule has 0 spiro atoms. The minimum Gasteiger partial charge on any atom is -0.493 e. The maximum atomic E-state index is 6.39. The molecule has 2 aromatic carbocycles. The van der Waals surface area contributed by atoms with Crippen molar-refractivity contribution in [2.24, 2.45) is 0 Å². The minimum atomic E-state index is -0.0377. The van der Waals surface area contributed by atoms with Gasteiger partial charge in [-0.1, -0.05) is 53.5 Å². The summed E-state index contributed by atoms with van der Waals surface area (Å²) >= 11 is 12.5. The molecule has 2 nitrogen and oxygen atoms in total. The van der Waals surface area contributed by atoms with Crippen LogP contribution < -0.4 is 10.1 Å². The fraction of sp³-hybridized carbons (Fsp3) is 0.294. The first-order valence-corrected chi connectivity index (χ1v) is 7.83. The van der Waals surface area contributed by atoms with Crippen LogP contribution in [0.15, 0.2) is 36.4 Å². The Hall–Kier alpha value is -1.22. The third kappa shape index (κ3) is 2.76. The van der Waals surface area contributed by atoms with Crippen LogP contribution in [0.2, 0.25) is 10.0 Å². The molecule has 0 aromatic heterocycles. The molecule has 0 fully saturated rings. The highest BCUT2D eigenvalue weighted by Gasteiger charge is 2.23. The Morgan fingerprint density at radius 2 is 1.86 bits per heavy atom. The number of nitrogens with one attached hydrogen (secondary N) is 1. The number of halogens is 2. The van der Waals surface area contributed by atoms with Gasteiger partial charge in [0.1, 0.15) is 5.75 Å². The lowest BCUT2D eigenvalue weighted by Crippen LogP contribution is -2.21. The molecular weight excluding hydrogens is 305 g/mol. The van der Waals surface area contributed by atoms with Gasteiger partial charge < -0.3 is 10.1 Å². The Kier molecular flexibility index (Phi) is 4.39. The van der Waals surface area contributed by atoms with Crippen molar-refractivity contribution in [3.63, 3.8) is 0 Å². The van der Waals surface area contributed by atoms with Crippen molar-refractivity contribution in [1.82, 2.24) is 5.32 Å².